The maximum absolute atomic E-state index is 11.3. The number of urea groups is 1. The highest BCUT2D eigenvalue weighted by Crippen LogP contribution is 2.03. The second kappa shape index (κ2) is 8.06. The van der Waals surface area contributed by atoms with E-state index in [0.717, 1.165) is 0 Å². The number of amides is 2. The van der Waals surface area contributed by atoms with Crippen molar-refractivity contribution in [1.29, 1.82) is 0 Å². The molecular weight excluding hydrogens is 252 g/mol. The highest BCUT2D eigenvalue weighted by molar-refractivity contribution is 5.73. The molecule has 0 spiro atoms. The lowest BCUT2D eigenvalue weighted by Crippen LogP contribution is -2.37. The van der Waals surface area contributed by atoms with Crippen LogP contribution in [0.15, 0.2) is 10.9 Å². The minimum Gasteiger partial charge on any atom is -0.481 e. The van der Waals surface area contributed by atoms with E-state index in [2.05, 4.69) is 20.8 Å². The number of hydrogen-bond acceptors (Lipinski definition) is 5. The first kappa shape index (κ1) is 14.9. The van der Waals surface area contributed by atoms with E-state index in [-0.39, 0.29) is 11.9 Å². The van der Waals surface area contributed by atoms with Crippen LogP contribution in [0.2, 0.25) is 0 Å². The van der Waals surface area contributed by atoms with Gasteiger partial charge in [-0.05, 0) is 12.8 Å². The lowest BCUT2D eigenvalue weighted by Gasteiger charge is -2.08. The lowest BCUT2D eigenvalue weighted by molar-refractivity contribution is -0.141. The van der Waals surface area contributed by atoms with Gasteiger partial charge in [0.15, 0.2) is 6.33 Å². The van der Waals surface area contributed by atoms with Crippen molar-refractivity contribution in [3.63, 3.8) is 0 Å². The van der Waals surface area contributed by atoms with Crippen molar-refractivity contribution in [2.45, 2.75) is 26.2 Å². The molecule has 3 N–H and O–H groups in total. The fourth-order valence-corrected chi connectivity index (χ4v) is 1.39. The molecule has 0 aromatic carbocycles. The molecule has 2 amide bonds. The van der Waals surface area contributed by atoms with Gasteiger partial charge in [0.1, 0.15) is 0 Å². The molecule has 106 valence electrons. The summed E-state index contributed by atoms with van der Waals surface area (Å²) in [5, 5.41) is 17.4. The SMILES string of the molecule is CC(CCCNC(=O)NCCc1ncno1)C(=O)O. The van der Waals surface area contributed by atoms with E-state index in [1.165, 1.54) is 6.33 Å². The summed E-state index contributed by atoms with van der Waals surface area (Å²) >= 11 is 0. The van der Waals surface area contributed by atoms with Crippen molar-refractivity contribution < 1.29 is 19.2 Å². The predicted molar refractivity (Wildman–Crippen MR) is 65.4 cm³/mol. The summed E-state index contributed by atoms with van der Waals surface area (Å²) in [5.74, 6) is -0.734. The van der Waals surface area contributed by atoms with Crippen LogP contribution in [-0.2, 0) is 11.2 Å². The van der Waals surface area contributed by atoms with Crippen LogP contribution < -0.4 is 10.6 Å². The number of nitrogens with zero attached hydrogens (tertiary/aromatic N) is 2. The lowest BCUT2D eigenvalue weighted by atomic mass is 10.1. The van der Waals surface area contributed by atoms with Crippen LogP contribution in [0.4, 0.5) is 4.79 Å². The number of aromatic nitrogens is 2. The highest BCUT2D eigenvalue weighted by Gasteiger charge is 2.10. The molecule has 1 unspecified atom stereocenters. The summed E-state index contributed by atoms with van der Waals surface area (Å²) in [5.41, 5.74) is 0. The van der Waals surface area contributed by atoms with Crippen molar-refractivity contribution in [2.75, 3.05) is 13.1 Å². The predicted octanol–water partition coefficient (Wildman–Crippen LogP) is 0.412. The molecule has 0 radical (unpaired) electrons. The minimum absolute atomic E-state index is 0.289. The topological polar surface area (TPSA) is 117 Å². The molecule has 0 saturated heterocycles. The fraction of sp³-hybridized carbons (Fsp3) is 0.636. The van der Waals surface area contributed by atoms with E-state index in [0.29, 0.717) is 38.2 Å². The van der Waals surface area contributed by atoms with Crippen LogP contribution in [0.25, 0.3) is 0 Å². The molecule has 8 heteroatoms. The van der Waals surface area contributed by atoms with Gasteiger partial charge in [0.2, 0.25) is 5.89 Å². The Balaban J connectivity index is 2.00. The van der Waals surface area contributed by atoms with E-state index >= 15 is 0 Å². The van der Waals surface area contributed by atoms with Gasteiger partial charge < -0.3 is 20.3 Å². The van der Waals surface area contributed by atoms with Crippen LogP contribution in [0, 0.1) is 5.92 Å². The summed E-state index contributed by atoms with van der Waals surface area (Å²) in [6.45, 7) is 2.50. The van der Waals surface area contributed by atoms with Crippen LogP contribution in [0.5, 0.6) is 0 Å². The van der Waals surface area contributed by atoms with Crippen molar-refractivity contribution in [2.24, 2.45) is 5.92 Å². The Labute approximate surface area is 110 Å². The molecule has 19 heavy (non-hydrogen) atoms. The van der Waals surface area contributed by atoms with Gasteiger partial charge in [-0.1, -0.05) is 12.1 Å². The van der Waals surface area contributed by atoms with Gasteiger partial charge in [-0.15, -0.1) is 0 Å². The third kappa shape index (κ3) is 6.39. The van der Waals surface area contributed by atoms with Gasteiger partial charge in [-0.25, -0.2) is 4.79 Å². The molecule has 0 saturated carbocycles. The van der Waals surface area contributed by atoms with Gasteiger partial charge in [-0.3, -0.25) is 4.79 Å². The quantitative estimate of drug-likeness (QED) is 0.589. The molecule has 0 aliphatic heterocycles. The largest absolute Gasteiger partial charge is 0.481 e. The number of carbonyl (C=O) groups is 2. The van der Waals surface area contributed by atoms with Crippen molar-refractivity contribution in [1.82, 2.24) is 20.8 Å². The summed E-state index contributed by atoms with van der Waals surface area (Å²) in [4.78, 5) is 25.7. The number of nitrogens with one attached hydrogen (secondary N) is 2. The van der Waals surface area contributed by atoms with Crippen LogP contribution in [0.3, 0.4) is 0 Å². The van der Waals surface area contributed by atoms with E-state index in [1.54, 1.807) is 6.92 Å². The molecule has 0 bridgehead atoms. The smallest absolute Gasteiger partial charge is 0.314 e. The minimum atomic E-state index is -0.816. The summed E-state index contributed by atoms with van der Waals surface area (Å²) in [6, 6.07) is -0.289. The number of rotatable bonds is 8. The first-order valence-corrected chi connectivity index (χ1v) is 6.09. The summed E-state index contributed by atoms with van der Waals surface area (Å²) < 4.78 is 4.77. The highest BCUT2D eigenvalue weighted by atomic mass is 16.5. The number of carboxylic acids is 1. The molecule has 0 aliphatic carbocycles. The number of carboxylic acid groups (broad SMARTS) is 1. The maximum Gasteiger partial charge on any atom is 0.314 e. The monoisotopic (exact) mass is 270 g/mol. The Bertz CT molecular complexity index is 393. The number of carbonyl (C=O) groups excluding carboxylic acids is 1. The van der Waals surface area contributed by atoms with Crippen molar-refractivity contribution in [3.05, 3.63) is 12.2 Å². The molecule has 1 aromatic heterocycles. The van der Waals surface area contributed by atoms with E-state index in [9.17, 15) is 9.59 Å². The van der Waals surface area contributed by atoms with E-state index in [4.69, 9.17) is 9.63 Å². The van der Waals surface area contributed by atoms with E-state index < -0.39 is 5.97 Å². The number of hydrogen-bond donors (Lipinski definition) is 3. The summed E-state index contributed by atoms with van der Waals surface area (Å²) in [7, 11) is 0. The van der Waals surface area contributed by atoms with Gasteiger partial charge in [0.05, 0.1) is 5.92 Å². The molecular formula is C11H18N4O4. The molecule has 1 rings (SSSR count). The summed E-state index contributed by atoms with van der Waals surface area (Å²) in [6.07, 6.45) is 2.95. The van der Waals surface area contributed by atoms with E-state index in [1.807, 2.05) is 0 Å². The fourth-order valence-electron chi connectivity index (χ4n) is 1.39. The first-order chi connectivity index (χ1) is 9.09. The van der Waals surface area contributed by atoms with Gasteiger partial charge in [-0.2, -0.15) is 4.98 Å². The normalized spacial score (nSPS) is 11.8. The Kier molecular flexibility index (Phi) is 6.34. The Hall–Kier alpha value is -2.12. The van der Waals surface area contributed by atoms with Gasteiger partial charge in [0, 0.05) is 19.5 Å². The van der Waals surface area contributed by atoms with Crippen molar-refractivity contribution >= 4 is 12.0 Å². The molecule has 1 aromatic rings. The molecule has 0 aliphatic rings. The van der Waals surface area contributed by atoms with Gasteiger partial charge in [0.25, 0.3) is 0 Å². The molecule has 1 atom stereocenters. The van der Waals surface area contributed by atoms with Crippen LogP contribution >= 0.6 is 0 Å². The second-order valence-corrected chi connectivity index (χ2v) is 4.15. The average molecular weight is 270 g/mol. The average Bonchev–Trinajstić information content (AvgIpc) is 2.87. The van der Waals surface area contributed by atoms with Gasteiger partial charge >= 0.3 is 12.0 Å². The molecule has 0 fully saturated rings. The molecule has 8 nitrogen and oxygen atoms in total. The second-order valence-electron chi connectivity index (χ2n) is 4.15. The number of aliphatic carboxylic acids is 1. The molecule has 1 heterocycles. The third-order valence-electron chi connectivity index (χ3n) is 2.55. The zero-order chi connectivity index (χ0) is 14.1. The maximum atomic E-state index is 11.3. The zero-order valence-corrected chi connectivity index (χ0v) is 10.8. The van der Waals surface area contributed by atoms with Crippen LogP contribution in [-0.4, -0.2) is 40.3 Å². The zero-order valence-electron chi connectivity index (χ0n) is 10.8. The third-order valence-corrected chi connectivity index (χ3v) is 2.55. The van der Waals surface area contributed by atoms with Crippen molar-refractivity contribution in [3.8, 4) is 0 Å². The standard InChI is InChI=1S/C11H18N4O4/c1-8(10(16)17)3-2-5-12-11(18)13-6-4-9-14-7-15-19-9/h7-8H,2-6H2,1H3,(H,16,17)(H2,12,13,18). The Morgan fingerprint density at radius 1 is 1.42 bits per heavy atom. The Morgan fingerprint density at radius 2 is 2.16 bits per heavy atom. The van der Waals surface area contributed by atoms with Crippen LogP contribution in [0.1, 0.15) is 25.7 Å². The Morgan fingerprint density at radius 3 is 2.79 bits per heavy atom. The first-order valence-electron chi connectivity index (χ1n) is 6.09.